The minimum absolute atomic E-state index is 0.240. The first-order valence-electron chi connectivity index (χ1n) is 7.75. The van der Waals surface area contributed by atoms with Crippen molar-refractivity contribution >= 4 is 0 Å². The first-order chi connectivity index (χ1) is 10.8. The van der Waals surface area contributed by atoms with Crippen LogP contribution in [-0.4, -0.2) is 32.2 Å². The smallest absolute Gasteiger partial charge is 0.183 e. The second-order valence-electron chi connectivity index (χ2n) is 5.99. The molecule has 0 saturated carbocycles. The van der Waals surface area contributed by atoms with Gasteiger partial charge in [-0.05, 0) is 19.7 Å². The summed E-state index contributed by atoms with van der Waals surface area (Å²) < 4.78 is 12.0. The van der Waals surface area contributed by atoms with Crippen molar-refractivity contribution in [1.29, 1.82) is 0 Å². The van der Waals surface area contributed by atoms with E-state index in [1.54, 1.807) is 0 Å². The van der Waals surface area contributed by atoms with Gasteiger partial charge >= 0.3 is 0 Å². The Morgan fingerprint density at radius 3 is 1.95 bits per heavy atom. The van der Waals surface area contributed by atoms with Crippen LogP contribution in [0.25, 0.3) is 0 Å². The average Bonchev–Trinajstić information content (AvgIpc) is 2.57. The summed E-state index contributed by atoms with van der Waals surface area (Å²) in [5.41, 5.74) is 2.39. The highest BCUT2D eigenvalue weighted by Gasteiger charge is 2.31. The Labute approximate surface area is 132 Å². The van der Waals surface area contributed by atoms with Crippen molar-refractivity contribution in [1.82, 2.24) is 4.90 Å². The minimum Gasteiger partial charge on any atom is -0.348 e. The zero-order chi connectivity index (χ0) is 15.4. The molecule has 2 aromatic carbocycles. The van der Waals surface area contributed by atoms with Crippen LogP contribution in [0.5, 0.6) is 0 Å². The second-order valence-corrected chi connectivity index (χ2v) is 5.99. The maximum Gasteiger partial charge on any atom is 0.183 e. The van der Waals surface area contributed by atoms with Crippen molar-refractivity contribution in [2.24, 2.45) is 5.92 Å². The van der Waals surface area contributed by atoms with Gasteiger partial charge in [-0.3, -0.25) is 0 Å². The third-order valence-electron chi connectivity index (χ3n) is 4.14. The molecule has 3 nitrogen and oxygen atoms in total. The van der Waals surface area contributed by atoms with E-state index in [9.17, 15) is 0 Å². The summed E-state index contributed by atoms with van der Waals surface area (Å²) in [4.78, 5) is 2.25. The van der Waals surface area contributed by atoms with Gasteiger partial charge in [0.2, 0.25) is 0 Å². The third-order valence-corrected chi connectivity index (χ3v) is 4.14. The quantitative estimate of drug-likeness (QED) is 0.860. The Balaban J connectivity index is 1.69. The minimum atomic E-state index is -0.240. The van der Waals surface area contributed by atoms with E-state index >= 15 is 0 Å². The molecule has 2 aromatic rings. The molecule has 0 unspecified atom stereocenters. The summed E-state index contributed by atoms with van der Waals surface area (Å²) in [6.07, 6.45) is -0.240. The number of ether oxygens (including phenoxy) is 2. The second kappa shape index (κ2) is 7.05. The molecule has 3 rings (SSSR count). The molecule has 1 atom stereocenters. The molecule has 0 amide bonds. The lowest BCUT2D eigenvalue weighted by Crippen LogP contribution is -2.37. The lowest BCUT2D eigenvalue weighted by Gasteiger charge is -2.37. The number of hydrogen-bond acceptors (Lipinski definition) is 3. The number of nitrogens with zero attached hydrogens (tertiary/aromatic N) is 1. The van der Waals surface area contributed by atoms with Gasteiger partial charge in [0.1, 0.15) is 0 Å². The van der Waals surface area contributed by atoms with Gasteiger partial charge in [0, 0.05) is 17.5 Å². The highest BCUT2D eigenvalue weighted by atomic mass is 16.7. The van der Waals surface area contributed by atoms with Crippen molar-refractivity contribution in [3.05, 3.63) is 71.8 Å². The summed E-state index contributed by atoms with van der Waals surface area (Å²) >= 11 is 0. The molecule has 0 spiro atoms. The molecule has 0 radical (unpaired) electrons. The third kappa shape index (κ3) is 3.38. The van der Waals surface area contributed by atoms with Crippen molar-refractivity contribution < 1.29 is 9.47 Å². The summed E-state index contributed by atoms with van der Waals surface area (Å²) in [5.74, 6) is 0.331. The molecule has 22 heavy (non-hydrogen) atoms. The fraction of sp³-hybridized carbons (Fsp3) is 0.368. The Morgan fingerprint density at radius 1 is 0.864 bits per heavy atom. The molecule has 1 heterocycles. The Hall–Kier alpha value is -1.68. The highest BCUT2D eigenvalue weighted by Crippen LogP contribution is 2.33. The predicted molar refractivity (Wildman–Crippen MR) is 87.4 cm³/mol. The van der Waals surface area contributed by atoms with Gasteiger partial charge in [0.15, 0.2) is 6.29 Å². The standard InChI is InChI=1S/C19H23NO2/c1-20(2)18(15-9-5-3-6-10-15)17-13-21-19(22-14-17)16-11-7-4-8-12-16/h3-12,17-19H,13-14H2,1-2H3/t17?,18-,19?/m0/s1. The lowest BCUT2D eigenvalue weighted by atomic mass is 9.92. The molecule has 1 fully saturated rings. The SMILES string of the molecule is CN(C)[C@@H](c1ccccc1)C1COC(c2ccccc2)OC1. The molecule has 0 bridgehead atoms. The molecule has 3 heteroatoms. The zero-order valence-electron chi connectivity index (χ0n) is 13.2. The highest BCUT2D eigenvalue weighted by molar-refractivity contribution is 5.20. The monoisotopic (exact) mass is 297 g/mol. The van der Waals surface area contributed by atoms with Gasteiger partial charge in [-0.1, -0.05) is 60.7 Å². The first-order valence-corrected chi connectivity index (χ1v) is 7.75. The zero-order valence-corrected chi connectivity index (χ0v) is 13.2. The summed E-state index contributed by atoms with van der Waals surface area (Å²) in [6.45, 7) is 1.41. The molecule has 0 aromatic heterocycles. The summed E-state index contributed by atoms with van der Waals surface area (Å²) in [6, 6.07) is 21.0. The molecule has 1 saturated heterocycles. The van der Waals surface area contributed by atoms with Crippen LogP contribution in [0.15, 0.2) is 60.7 Å². The van der Waals surface area contributed by atoms with Gasteiger partial charge in [-0.15, -0.1) is 0 Å². The van der Waals surface area contributed by atoms with Crippen molar-refractivity contribution in [3.8, 4) is 0 Å². The van der Waals surface area contributed by atoms with E-state index in [-0.39, 0.29) is 6.29 Å². The molecule has 1 aliphatic rings. The molecule has 1 aliphatic heterocycles. The van der Waals surface area contributed by atoms with Crippen molar-refractivity contribution in [3.63, 3.8) is 0 Å². The number of benzene rings is 2. The molecule has 0 N–H and O–H groups in total. The molecule has 116 valence electrons. The van der Waals surface area contributed by atoms with Crippen LogP contribution < -0.4 is 0 Å². The van der Waals surface area contributed by atoms with Crippen LogP contribution in [0, 0.1) is 5.92 Å². The van der Waals surface area contributed by atoms with Crippen LogP contribution in [-0.2, 0) is 9.47 Å². The summed E-state index contributed by atoms with van der Waals surface area (Å²) in [5, 5.41) is 0. The normalized spacial score (nSPS) is 23.4. The summed E-state index contributed by atoms with van der Waals surface area (Å²) in [7, 11) is 4.22. The maximum atomic E-state index is 5.98. The van der Waals surface area contributed by atoms with Crippen LogP contribution in [0.1, 0.15) is 23.5 Å². The van der Waals surface area contributed by atoms with Crippen LogP contribution in [0.2, 0.25) is 0 Å². The van der Waals surface area contributed by atoms with E-state index in [2.05, 4.69) is 49.3 Å². The molecular weight excluding hydrogens is 274 g/mol. The fourth-order valence-electron chi connectivity index (χ4n) is 3.15. The van der Waals surface area contributed by atoms with Crippen molar-refractivity contribution in [2.45, 2.75) is 12.3 Å². The van der Waals surface area contributed by atoms with Gasteiger partial charge < -0.3 is 14.4 Å². The van der Waals surface area contributed by atoms with E-state index < -0.39 is 0 Å². The lowest BCUT2D eigenvalue weighted by molar-refractivity contribution is -0.213. The first kappa shape index (κ1) is 15.2. The van der Waals surface area contributed by atoms with Gasteiger partial charge in [-0.25, -0.2) is 0 Å². The van der Waals surface area contributed by atoms with Gasteiger partial charge in [0.25, 0.3) is 0 Å². The average molecular weight is 297 g/mol. The number of rotatable bonds is 4. The molecular formula is C19H23NO2. The number of hydrogen-bond donors (Lipinski definition) is 0. The Morgan fingerprint density at radius 2 is 1.41 bits per heavy atom. The van der Waals surface area contributed by atoms with Crippen molar-refractivity contribution in [2.75, 3.05) is 27.3 Å². The maximum absolute atomic E-state index is 5.98. The van der Waals surface area contributed by atoms with Gasteiger partial charge in [0.05, 0.1) is 13.2 Å². The Kier molecular flexibility index (Phi) is 4.88. The Bertz CT molecular complexity index is 563. The predicted octanol–water partition coefficient (Wildman–Crippen LogP) is 3.65. The van der Waals surface area contributed by atoms with E-state index in [4.69, 9.17) is 9.47 Å². The van der Waals surface area contributed by atoms with E-state index in [0.717, 1.165) is 5.56 Å². The van der Waals surface area contributed by atoms with Crippen LogP contribution in [0.4, 0.5) is 0 Å². The topological polar surface area (TPSA) is 21.7 Å². The van der Waals surface area contributed by atoms with Crippen LogP contribution >= 0.6 is 0 Å². The largest absolute Gasteiger partial charge is 0.348 e. The van der Waals surface area contributed by atoms with E-state index in [0.29, 0.717) is 25.2 Å². The molecule has 0 aliphatic carbocycles. The van der Waals surface area contributed by atoms with E-state index in [1.165, 1.54) is 5.56 Å². The van der Waals surface area contributed by atoms with E-state index in [1.807, 2.05) is 30.3 Å². The van der Waals surface area contributed by atoms with Gasteiger partial charge in [-0.2, -0.15) is 0 Å². The van der Waals surface area contributed by atoms with Crippen LogP contribution in [0.3, 0.4) is 0 Å². The fourth-order valence-corrected chi connectivity index (χ4v) is 3.15.